The molecule has 0 bridgehead atoms. The van der Waals surface area contributed by atoms with Crippen LogP contribution < -0.4 is 10.2 Å². The lowest BCUT2D eigenvalue weighted by molar-refractivity contribution is -0.384. The monoisotopic (exact) mass is 405 g/mol. The van der Waals surface area contributed by atoms with Crippen LogP contribution in [-0.2, 0) is 13.1 Å². The van der Waals surface area contributed by atoms with Crippen LogP contribution in [0.2, 0.25) is 0 Å². The summed E-state index contributed by atoms with van der Waals surface area (Å²) in [6, 6.07) is 12.5. The van der Waals surface area contributed by atoms with Crippen molar-refractivity contribution in [3.8, 4) is 0 Å². The van der Waals surface area contributed by atoms with Gasteiger partial charge in [0.2, 0.25) is 0 Å². The van der Waals surface area contributed by atoms with Gasteiger partial charge in [0.25, 0.3) is 11.6 Å². The molecule has 1 N–H and O–H groups in total. The van der Waals surface area contributed by atoms with Crippen molar-refractivity contribution >= 4 is 17.3 Å². The number of non-ortho nitro benzene ring substituents is 1. The maximum Gasteiger partial charge on any atom is 0.270 e. The van der Waals surface area contributed by atoms with Crippen molar-refractivity contribution in [2.24, 2.45) is 0 Å². The Morgan fingerprint density at radius 3 is 2.50 bits per heavy atom. The first-order chi connectivity index (χ1) is 14.6. The molecule has 30 heavy (non-hydrogen) atoms. The molecule has 4 rings (SSSR count). The van der Waals surface area contributed by atoms with E-state index in [1.54, 1.807) is 18.6 Å². The highest BCUT2D eigenvalue weighted by atomic mass is 16.6. The fourth-order valence-corrected chi connectivity index (χ4v) is 3.68. The Morgan fingerprint density at radius 2 is 1.83 bits per heavy atom. The van der Waals surface area contributed by atoms with Gasteiger partial charge in [-0.25, -0.2) is 4.98 Å². The van der Waals surface area contributed by atoms with Gasteiger partial charge in [0.15, 0.2) is 0 Å². The summed E-state index contributed by atoms with van der Waals surface area (Å²) in [4.78, 5) is 29.7. The zero-order valence-corrected chi connectivity index (χ0v) is 16.5. The largest absolute Gasteiger partial charge is 0.371 e. The molecule has 1 aromatic heterocycles. The van der Waals surface area contributed by atoms with E-state index >= 15 is 0 Å². The lowest BCUT2D eigenvalue weighted by Gasteiger charge is -2.21. The molecule has 0 saturated carbocycles. The molecule has 3 aromatic rings. The molecule has 8 nitrogen and oxygen atoms in total. The van der Waals surface area contributed by atoms with E-state index in [0.717, 1.165) is 49.3 Å². The molecule has 0 radical (unpaired) electrons. The van der Waals surface area contributed by atoms with Crippen LogP contribution in [0, 0.1) is 10.1 Å². The molecule has 1 amide bonds. The van der Waals surface area contributed by atoms with Gasteiger partial charge < -0.3 is 14.8 Å². The summed E-state index contributed by atoms with van der Waals surface area (Å²) in [5, 5.41) is 14.1. The fourth-order valence-electron chi connectivity index (χ4n) is 3.68. The van der Waals surface area contributed by atoms with Crippen molar-refractivity contribution in [2.75, 3.05) is 18.0 Å². The van der Waals surface area contributed by atoms with Gasteiger partial charge in [-0.05, 0) is 30.0 Å². The van der Waals surface area contributed by atoms with Crippen molar-refractivity contribution in [3.05, 3.63) is 88.0 Å². The van der Waals surface area contributed by atoms with E-state index in [1.807, 2.05) is 35.0 Å². The molecule has 1 aliphatic heterocycles. The Balaban J connectivity index is 1.45. The first-order valence-electron chi connectivity index (χ1n) is 9.95. The third-order valence-electron chi connectivity index (χ3n) is 5.28. The van der Waals surface area contributed by atoms with Gasteiger partial charge in [0.05, 0.1) is 22.5 Å². The summed E-state index contributed by atoms with van der Waals surface area (Å²) in [6.07, 6.45) is 7.54. The van der Waals surface area contributed by atoms with E-state index in [2.05, 4.69) is 15.2 Å². The van der Waals surface area contributed by atoms with E-state index in [0.29, 0.717) is 12.1 Å². The van der Waals surface area contributed by atoms with Gasteiger partial charge in [0.1, 0.15) is 0 Å². The standard InChI is InChI=1S/C22H23N5O3/c28-22(20-13-19(27(29)30)7-8-21(20)26-10-1-2-11-26)24-14-17-3-5-18(6-4-17)15-25-12-9-23-16-25/h3-9,12-13,16H,1-2,10-11,14-15H2,(H,24,28). The van der Waals surface area contributed by atoms with Gasteiger partial charge in [-0.3, -0.25) is 14.9 Å². The highest BCUT2D eigenvalue weighted by Crippen LogP contribution is 2.28. The number of amides is 1. The fraction of sp³-hybridized carbons (Fsp3) is 0.273. The van der Waals surface area contributed by atoms with Gasteiger partial charge >= 0.3 is 0 Å². The number of hydrogen-bond acceptors (Lipinski definition) is 5. The number of carbonyl (C=O) groups is 1. The van der Waals surface area contributed by atoms with E-state index in [4.69, 9.17) is 0 Å². The predicted octanol–water partition coefficient (Wildman–Crippen LogP) is 3.37. The molecule has 0 atom stereocenters. The average molecular weight is 405 g/mol. The lowest BCUT2D eigenvalue weighted by atomic mass is 10.1. The number of nitro benzene ring substituents is 1. The molecule has 2 heterocycles. The number of hydrogen-bond donors (Lipinski definition) is 1. The number of anilines is 1. The summed E-state index contributed by atoms with van der Waals surface area (Å²) in [5.74, 6) is -0.303. The van der Waals surface area contributed by atoms with Crippen LogP contribution in [0.25, 0.3) is 0 Å². The smallest absolute Gasteiger partial charge is 0.270 e. The number of nitrogens with one attached hydrogen (secondary N) is 1. The third kappa shape index (κ3) is 4.48. The first kappa shape index (κ1) is 19.6. The number of nitrogens with zero attached hydrogens (tertiary/aromatic N) is 4. The van der Waals surface area contributed by atoms with Crippen LogP contribution in [0.4, 0.5) is 11.4 Å². The van der Waals surface area contributed by atoms with E-state index in [9.17, 15) is 14.9 Å². The van der Waals surface area contributed by atoms with Crippen molar-refractivity contribution in [3.63, 3.8) is 0 Å². The second-order valence-electron chi connectivity index (χ2n) is 7.39. The number of carbonyl (C=O) groups excluding carboxylic acids is 1. The normalized spacial score (nSPS) is 13.4. The first-order valence-corrected chi connectivity index (χ1v) is 9.95. The molecule has 8 heteroatoms. The van der Waals surface area contributed by atoms with Crippen molar-refractivity contribution < 1.29 is 9.72 Å². The number of benzene rings is 2. The Hall–Kier alpha value is -3.68. The molecule has 1 fully saturated rings. The predicted molar refractivity (Wildman–Crippen MR) is 113 cm³/mol. The summed E-state index contributed by atoms with van der Waals surface area (Å²) in [5.41, 5.74) is 3.13. The van der Waals surface area contributed by atoms with Crippen molar-refractivity contribution in [1.29, 1.82) is 0 Å². The molecule has 0 unspecified atom stereocenters. The minimum Gasteiger partial charge on any atom is -0.371 e. The molecular weight excluding hydrogens is 382 g/mol. The van der Waals surface area contributed by atoms with Gasteiger partial charge in [-0.15, -0.1) is 0 Å². The lowest BCUT2D eigenvalue weighted by Crippen LogP contribution is -2.27. The molecular formula is C22H23N5O3. The second-order valence-corrected chi connectivity index (χ2v) is 7.39. The number of nitro groups is 1. The van der Waals surface area contributed by atoms with Crippen molar-refractivity contribution in [2.45, 2.75) is 25.9 Å². The molecule has 1 aliphatic rings. The third-order valence-corrected chi connectivity index (χ3v) is 5.28. The van der Waals surface area contributed by atoms with Crippen LogP contribution in [-0.4, -0.2) is 33.5 Å². The van der Waals surface area contributed by atoms with Gasteiger partial charge in [0, 0.05) is 50.7 Å². The van der Waals surface area contributed by atoms with Crippen molar-refractivity contribution in [1.82, 2.24) is 14.9 Å². The Morgan fingerprint density at radius 1 is 1.10 bits per heavy atom. The number of aromatic nitrogens is 2. The molecule has 0 spiro atoms. The minimum atomic E-state index is -0.469. The van der Waals surface area contributed by atoms with Gasteiger partial charge in [-0.2, -0.15) is 0 Å². The van der Waals surface area contributed by atoms with E-state index in [1.165, 1.54) is 12.1 Å². The summed E-state index contributed by atoms with van der Waals surface area (Å²) in [7, 11) is 0. The molecule has 2 aromatic carbocycles. The zero-order valence-electron chi connectivity index (χ0n) is 16.5. The maximum absolute atomic E-state index is 12.9. The van der Waals surface area contributed by atoms with Gasteiger partial charge in [-0.1, -0.05) is 24.3 Å². The van der Waals surface area contributed by atoms with Crippen LogP contribution in [0.3, 0.4) is 0 Å². The topological polar surface area (TPSA) is 93.3 Å². The molecule has 0 aliphatic carbocycles. The highest BCUT2D eigenvalue weighted by Gasteiger charge is 2.22. The zero-order chi connectivity index (χ0) is 20.9. The summed E-state index contributed by atoms with van der Waals surface area (Å²) < 4.78 is 1.99. The Bertz CT molecular complexity index is 1030. The van der Waals surface area contributed by atoms with Crippen LogP contribution in [0.1, 0.15) is 34.3 Å². The minimum absolute atomic E-state index is 0.0769. The average Bonchev–Trinajstić information content (AvgIpc) is 3.47. The van der Waals surface area contributed by atoms with Crippen LogP contribution >= 0.6 is 0 Å². The van der Waals surface area contributed by atoms with Crippen LogP contribution in [0.5, 0.6) is 0 Å². The summed E-state index contributed by atoms with van der Waals surface area (Å²) >= 11 is 0. The second kappa shape index (κ2) is 8.77. The molecule has 1 saturated heterocycles. The number of imidazole rings is 1. The molecule has 154 valence electrons. The highest BCUT2D eigenvalue weighted by molar-refractivity contribution is 6.00. The Kier molecular flexibility index (Phi) is 5.74. The number of rotatable bonds is 7. The quantitative estimate of drug-likeness (QED) is 0.480. The van der Waals surface area contributed by atoms with Crippen LogP contribution in [0.15, 0.2) is 61.2 Å². The summed E-state index contributed by atoms with van der Waals surface area (Å²) in [6.45, 7) is 2.80. The van der Waals surface area contributed by atoms with E-state index < -0.39 is 4.92 Å². The van der Waals surface area contributed by atoms with E-state index in [-0.39, 0.29) is 11.6 Å². The maximum atomic E-state index is 12.9. The Labute approximate surface area is 174 Å². The SMILES string of the molecule is O=C(NCc1ccc(Cn2ccnc2)cc1)c1cc([N+](=O)[O-])ccc1N1CCCC1.